The highest BCUT2D eigenvalue weighted by Crippen LogP contribution is 2.25. The standard InChI is InChI=1S/C15H23N3O3S2/c1-10(2)17(3)8-11-4-5-13(19)18(11)6-7-22-15-16-12(9-23-15)14(20)21/h9-11H,4-8H2,1-3H3,(H,20,21)/t11-/m1/s1. The Morgan fingerprint density at radius 2 is 2.35 bits per heavy atom. The molecular formula is C15H23N3O3S2. The van der Waals surface area contributed by atoms with Crippen LogP contribution in [0.5, 0.6) is 0 Å². The Kier molecular flexibility index (Phi) is 6.43. The minimum absolute atomic E-state index is 0.0891. The molecule has 128 valence electrons. The Balaban J connectivity index is 1.84. The fourth-order valence-corrected chi connectivity index (χ4v) is 4.30. The summed E-state index contributed by atoms with van der Waals surface area (Å²) in [7, 11) is 2.09. The van der Waals surface area contributed by atoms with Crippen molar-refractivity contribution in [1.29, 1.82) is 0 Å². The van der Waals surface area contributed by atoms with Gasteiger partial charge in [0.05, 0.1) is 0 Å². The lowest BCUT2D eigenvalue weighted by atomic mass is 10.2. The van der Waals surface area contributed by atoms with Crippen LogP contribution in [-0.2, 0) is 4.79 Å². The Bertz CT molecular complexity index is 562. The molecule has 1 N–H and O–H groups in total. The number of carbonyl (C=O) groups excluding carboxylic acids is 1. The molecule has 0 aliphatic carbocycles. The maximum Gasteiger partial charge on any atom is 0.355 e. The largest absolute Gasteiger partial charge is 0.476 e. The number of nitrogens with zero attached hydrogens (tertiary/aromatic N) is 3. The van der Waals surface area contributed by atoms with Gasteiger partial charge in [-0.15, -0.1) is 11.3 Å². The molecule has 23 heavy (non-hydrogen) atoms. The summed E-state index contributed by atoms with van der Waals surface area (Å²) in [4.78, 5) is 31.2. The van der Waals surface area contributed by atoms with Crippen molar-refractivity contribution in [3.63, 3.8) is 0 Å². The number of amides is 1. The maximum absolute atomic E-state index is 12.1. The summed E-state index contributed by atoms with van der Waals surface area (Å²) in [6.07, 6.45) is 1.54. The molecule has 0 aromatic carbocycles. The number of thioether (sulfide) groups is 1. The molecule has 1 amide bonds. The molecule has 1 saturated heterocycles. The number of hydrogen-bond donors (Lipinski definition) is 1. The molecule has 1 aromatic rings. The number of hydrogen-bond acceptors (Lipinski definition) is 6. The molecular weight excluding hydrogens is 334 g/mol. The molecule has 0 radical (unpaired) electrons. The molecule has 1 fully saturated rings. The summed E-state index contributed by atoms with van der Waals surface area (Å²) in [6, 6.07) is 0.744. The average molecular weight is 358 g/mol. The van der Waals surface area contributed by atoms with Gasteiger partial charge in [-0.1, -0.05) is 11.8 Å². The second kappa shape index (κ2) is 8.12. The van der Waals surface area contributed by atoms with E-state index in [1.165, 1.54) is 23.1 Å². The van der Waals surface area contributed by atoms with Gasteiger partial charge in [0.2, 0.25) is 5.91 Å². The lowest BCUT2D eigenvalue weighted by molar-refractivity contribution is -0.128. The first kappa shape index (κ1) is 18.2. The van der Waals surface area contributed by atoms with E-state index in [4.69, 9.17) is 5.11 Å². The number of aromatic carboxylic acids is 1. The van der Waals surface area contributed by atoms with Crippen molar-refractivity contribution in [3.8, 4) is 0 Å². The third-order valence-electron chi connectivity index (χ3n) is 4.09. The van der Waals surface area contributed by atoms with Crippen LogP contribution >= 0.6 is 23.1 Å². The van der Waals surface area contributed by atoms with Crippen LogP contribution in [-0.4, -0.2) is 69.7 Å². The molecule has 0 saturated carbocycles. The quantitative estimate of drug-likeness (QED) is 0.720. The van der Waals surface area contributed by atoms with E-state index in [0.717, 1.165) is 23.1 Å². The normalized spacial score (nSPS) is 18.4. The van der Waals surface area contributed by atoms with Crippen molar-refractivity contribution in [2.75, 3.05) is 25.9 Å². The molecule has 1 aromatic heterocycles. The smallest absolute Gasteiger partial charge is 0.355 e. The van der Waals surface area contributed by atoms with Crippen molar-refractivity contribution >= 4 is 35.0 Å². The number of aromatic nitrogens is 1. The number of rotatable bonds is 8. The van der Waals surface area contributed by atoms with E-state index >= 15 is 0 Å². The third kappa shape index (κ3) is 4.92. The second-order valence-corrected chi connectivity index (χ2v) is 8.17. The molecule has 8 heteroatoms. The van der Waals surface area contributed by atoms with Crippen molar-refractivity contribution < 1.29 is 14.7 Å². The summed E-state index contributed by atoms with van der Waals surface area (Å²) in [5.41, 5.74) is 0.0891. The monoisotopic (exact) mass is 357 g/mol. The average Bonchev–Trinajstić information content (AvgIpc) is 3.08. The molecule has 1 aliphatic heterocycles. The maximum atomic E-state index is 12.1. The first-order chi connectivity index (χ1) is 10.9. The van der Waals surface area contributed by atoms with Crippen molar-refractivity contribution in [2.45, 2.75) is 43.1 Å². The van der Waals surface area contributed by atoms with Crippen molar-refractivity contribution in [3.05, 3.63) is 11.1 Å². The number of carboxylic acids is 1. The Labute approximate surface area is 144 Å². The van der Waals surface area contributed by atoms with E-state index in [1.807, 2.05) is 4.90 Å². The van der Waals surface area contributed by atoms with Gasteiger partial charge in [-0.3, -0.25) is 4.79 Å². The van der Waals surface area contributed by atoms with E-state index < -0.39 is 5.97 Å². The fraction of sp³-hybridized carbons (Fsp3) is 0.667. The molecule has 0 bridgehead atoms. The van der Waals surface area contributed by atoms with Crippen molar-refractivity contribution in [2.24, 2.45) is 0 Å². The van der Waals surface area contributed by atoms with Gasteiger partial charge in [0, 0.05) is 42.7 Å². The van der Waals surface area contributed by atoms with Gasteiger partial charge < -0.3 is 14.9 Å². The summed E-state index contributed by atoms with van der Waals surface area (Å²) in [6.45, 7) is 5.88. The van der Waals surface area contributed by atoms with Gasteiger partial charge in [0.25, 0.3) is 0 Å². The van der Waals surface area contributed by atoms with Crippen LogP contribution in [0.1, 0.15) is 37.2 Å². The zero-order valence-corrected chi connectivity index (χ0v) is 15.3. The molecule has 0 unspecified atom stereocenters. The van der Waals surface area contributed by atoms with Gasteiger partial charge in [-0.25, -0.2) is 9.78 Å². The highest BCUT2D eigenvalue weighted by Gasteiger charge is 2.31. The molecule has 0 spiro atoms. The Morgan fingerprint density at radius 3 is 2.96 bits per heavy atom. The topological polar surface area (TPSA) is 73.7 Å². The lowest BCUT2D eigenvalue weighted by Gasteiger charge is -2.30. The predicted molar refractivity (Wildman–Crippen MR) is 92.3 cm³/mol. The highest BCUT2D eigenvalue weighted by atomic mass is 32.2. The van der Waals surface area contributed by atoms with Gasteiger partial charge in [0.15, 0.2) is 10.0 Å². The molecule has 1 atom stereocenters. The van der Waals surface area contributed by atoms with E-state index in [0.29, 0.717) is 19.0 Å². The van der Waals surface area contributed by atoms with Gasteiger partial charge in [-0.2, -0.15) is 0 Å². The third-order valence-corrected chi connectivity index (χ3v) is 6.09. The van der Waals surface area contributed by atoms with Crippen LogP contribution in [0.25, 0.3) is 0 Å². The van der Waals surface area contributed by atoms with Crippen LogP contribution in [0, 0.1) is 0 Å². The van der Waals surface area contributed by atoms with Crippen molar-refractivity contribution in [1.82, 2.24) is 14.8 Å². The summed E-state index contributed by atoms with van der Waals surface area (Å²) in [5.74, 6) is -0.0436. The number of likely N-dealkylation sites (tertiary alicyclic amines) is 1. The summed E-state index contributed by atoms with van der Waals surface area (Å²) >= 11 is 2.85. The zero-order chi connectivity index (χ0) is 17.0. The minimum Gasteiger partial charge on any atom is -0.476 e. The Morgan fingerprint density at radius 1 is 1.61 bits per heavy atom. The van der Waals surface area contributed by atoms with E-state index in [9.17, 15) is 9.59 Å². The van der Waals surface area contributed by atoms with Crippen LogP contribution in [0.4, 0.5) is 0 Å². The van der Waals surface area contributed by atoms with Gasteiger partial charge >= 0.3 is 5.97 Å². The zero-order valence-electron chi connectivity index (χ0n) is 13.7. The van der Waals surface area contributed by atoms with E-state index in [-0.39, 0.29) is 17.6 Å². The van der Waals surface area contributed by atoms with Crippen LogP contribution in [0.3, 0.4) is 0 Å². The number of thiazole rings is 1. The number of carboxylic acid groups (broad SMARTS) is 1. The molecule has 2 rings (SSSR count). The minimum atomic E-state index is -1.00. The highest BCUT2D eigenvalue weighted by molar-refractivity contribution is 8.01. The van der Waals surface area contributed by atoms with Gasteiger partial charge in [-0.05, 0) is 27.3 Å². The Hall–Kier alpha value is -1.12. The fourth-order valence-electron chi connectivity index (χ4n) is 2.49. The first-order valence-electron chi connectivity index (χ1n) is 7.69. The van der Waals surface area contributed by atoms with Crippen LogP contribution < -0.4 is 0 Å². The molecule has 6 nitrogen and oxygen atoms in total. The van der Waals surface area contributed by atoms with E-state index in [1.54, 1.807) is 5.38 Å². The second-order valence-electron chi connectivity index (χ2n) is 5.97. The van der Waals surface area contributed by atoms with Crippen LogP contribution in [0.15, 0.2) is 9.72 Å². The first-order valence-corrected chi connectivity index (χ1v) is 9.56. The van der Waals surface area contributed by atoms with E-state index in [2.05, 4.69) is 30.8 Å². The summed E-state index contributed by atoms with van der Waals surface area (Å²) < 4.78 is 0.741. The van der Waals surface area contributed by atoms with Crippen LogP contribution in [0.2, 0.25) is 0 Å². The number of likely N-dealkylation sites (N-methyl/N-ethyl adjacent to an activating group) is 1. The van der Waals surface area contributed by atoms with Gasteiger partial charge in [0.1, 0.15) is 0 Å². The predicted octanol–water partition coefficient (Wildman–Crippen LogP) is 2.26. The summed E-state index contributed by atoms with van der Waals surface area (Å²) in [5, 5.41) is 10.4. The molecule has 1 aliphatic rings. The lowest BCUT2D eigenvalue weighted by Crippen LogP contribution is -2.43. The SMILES string of the molecule is CC(C)N(C)C[C@H]1CCC(=O)N1CCSc1nc(C(=O)O)cs1. The number of carbonyl (C=O) groups is 2. The molecule has 2 heterocycles.